The number of hydrogen-bond acceptors (Lipinski definition) is 3. The van der Waals surface area contributed by atoms with Gasteiger partial charge < -0.3 is 0 Å². The van der Waals surface area contributed by atoms with E-state index in [9.17, 15) is 13.2 Å². The molecular weight excluding hydrogens is 422 g/mol. The van der Waals surface area contributed by atoms with E-state index in [-0.39, 0.29) is 22.1 Å². The number of sulfonamides is 1. The quantitative estimate of drug-likeness (QED) is 0.561. The molecule has 1 fully saturated rings. The van der Waals surface area contributed by atoms with Gasteiger partial charge in [-0.3, -0.25) is 14.2 Å². The number of nitrogens with one attached hydrogen (secondary N) is 1. The van der Waals surface area contributed by atoms with Crippen LogP contribution in [0.25, 0.3) is 5.69 Å². The molecule has 1 aromatic heterocycles. The minimum Gasteiger partial charge on any atom is -0.283 e. The molecule has 7 heteroatoms. The van der Waals surface area contributed by atoms with Crippen molar-refractivity contribution in [1.29, 1.82) is 0 Å². The standard InChI is InChI=1S/C25H31N3O3S/c1-18(2)24-23(25(29)28(27(24)3)21-12-8-5-9-13-21)26-32(30,31)22-16-14-20(15-17-22)19-10-6-4-7-11-19/h5,8-9,12-19,26H,4,6-7,10-11H2,1-3H3. The van der Waals surface area contributed by atoms with Crippen LogP contribution in [0.3, 0.4) is 0 Å². The van der Waals surface area contributed by atoms with Gasteiger partial charge in [0.05, 0.1) is 16.3 Å². The van der Waals surface area contributed by atoms with E-state index >= 15 is 0 Å². The van der Waals surface area contributed by atoms with Crippen molar-refractivity contribution in [2.45, 2.75) is 62.7 Å². The van der Waals surface area contributed by atoms with Crippen LogP contribution >= 0.6 is 0 Å². The highest BCUT2D eigenvalue weighted by atomic mass is 32.2. The molecule has 6 nitrogen and oxygen atoms in total. The smallest absolute Gasteiger partial charge is 0.283 e. The molecule has 1 saturated carbocycles. The predicted octanol–water partition coefficient (Wildman–Crippen LogP) is 5.15. The van der Waals surface area contributed by atoms with Gasteiger partial charge in [-0.15, -0.1) is 0 Å². The number of hydrogen-bond donors (Lipinski definition) is 1. The van der Waals surface area contributed by atoms with Crippen molar-refractivity contribution in [2.75, 3.05) is 4.72 Å². The highest BCUT2D eigenvalue weighted by Gasteiger charge is 2.26. The van der Waals surface area contributed by atoms with Crippen LogP contribution in [0, 0.1) is 0 Å². The Morgan fingerprint density at radius 1 is 0.938 bits per heavy atom. The van der Waals surface area contributed by atoms with E-state index in [1.165, 1.54) is 29.5 Å². The first kappa shape index (κ1) is 22.4. The minimum atomic E-state index is -3.90. The molecule has 32 heavy (non-hydrogen) atoms. The van der Waals surface area contributed by atoms with Crippen LogP contribution in [0.2, 0.25) is 0 Å². The largest absolute Gasteiger partial charge is 0.296 e. The molecule has 0 atom stereocenters. The molecule has 0 radical (unpaired) electrons. The Morgan fingerprint density at radius 3 is 2.16 bits per heavy atom. The molecule has 0 aliphatic heterocycles. The Morgan fingerprint density at radius 2 is 1.56 bits per heavy atom. The van der Waals surface area contributed by atoms with Gasteiger partial charge in [-0.2, -0.15) is 0 Å². The van der Waals surface area contributed by atoms with Crippen molar-refractivity contribution >= 4 is 15.7 Å². The van der Waals surface area contributed by atoms with Crippen molar-refractivity contribution in [3.63, 3.8) is 0 Å². The van der Waals surface area contributed by atoms with Crippen molar-refractivity contribution in [3.05, 3.63) is 76.2 Å². The fraction of sp³-hybridized carbons (Fsp3) is 0.400. The highest BCUT2D eigenvalue weighted by Crippen LogP contribution is 2.33. The molecule has 1 aliphatic carbocycles. The monoisotopic (exact) mass is 453 g/mol. The lowest BCUT2D eigenvalue weighted by Crippen LogP contribution is -2.23. The average molecular weight is 454 g/mol. The topological polar surface area (TPSA) is 73.1 Å². The third-order valence-corrected chi connectivity index (χ3v) is 7.73. The van der Waals surface area contributed by atoms with Gasteiger partial charge in [0.25, 0.3) is 15.6 Å². The summed E-state index contributed by atoms with van der Waals surface area (Å²) in [6.07, 6.45) is 6.05. The van der Waals surface area contributed by atoms with Crippen LogP contribution in [-0.4, -0.2) is 17.8 Å². The van der Waals surface area contributed by atoms with Gasteiger partial charge in [-0.1, -0.05) is 63.4 Å². The Bertz CT molecular complexity index is 1230. The molecule has 0 amide bonds. The Balaban J connectivity index is 1.69. The first-order valence-corrected chi connectivity index (χ1v) is 12.8. The van der Waals surface area contributed by atoms with E-state index < -0.39 is 10.0 Å². The molecule has 2 aromatic carbocycles. The fourth-order valence-electron chi connectivity index (χ4n) is 4.79. The molecule has 3 aromatic rings. The highest BCUT2D eigenvalue weighted by molar-refractivity contribution is 7.92. The van der Waals surface area contributed by atoms with Crippen LogP contribution in [0.1, 0.15) is 69.0 Å². The maximum atomic E-state index is 13.3. The number of aromatic nitrogens is 2. The number of benzene rings is 2. The first-order chi connectivity index (χ1) is 15.3. The molecular formula is C25H31N3O3S. The van der Waals surface area contributed by atoms with Gasteiger partial charge in [0, 0.05) is 7.05 Å². The Labute approximate surface area is 189 Å². The maximum absolute atomic E-state index is 13.3. The lowest BCUT2D eigenvalue weighted by atomic mass is 9.84. The maximum Gasteiger partial charge on any atom is 0.296 e. The van der Waals surface area contributed by atoms with E-state index in [1.807, 2.05) is 56.3 Å². The number of rotatable bonds is 6. The van der Waals surface area contributed by atoms with Gasteiger partial charge in [0.1, 0.15) is 5.69 Å². The van der Waals surface area contributed by atoms with Gasteiger partial charge in [-0.25, -0.2) is 13.1 Å². The van der Waals surface area contributed by atoms with E-state index in [0.717, 1.165) is 12.8 Å². The van der Waals surface area contributed by atoms with Crippen LogP contribution in [0.4, 0.5) is 5.69 Å². The molecule has 170 valence electrons. The molecule has 1 heterocycles. The summed E-state index contributed by atoms with van der Waals surface area (Å²) in [5, 5.41) is 0. The second-order valence-electron chi connectivity index (χ2n) is 8.90. The third kappa shape index (κ3) is 4.26. The van der Waals surface area contributed by atoms with E-state index in [2.05, 4.69) is 4.72 Å². The lowest BCUT2D eigenvalue weighted by molar-refractivity contribution is 0.443. The molecule has 0 bridgehead atoms. The van der Waals surface area contributed by atoms with Crippen LogP contribution in [0.5, 0.6) is 0 Å². The second kappa shape index (κ2) is 8.98. The van der Waals surface area contributed by atoms with E-state index in [0.29, 0.717) is 17.3 Å². The minimum absolute atomic E-state index is 0.0518. The zero-order valence-corrected chi connectivity index (χ0v) is 19.7. The summed E-state index contributed by atoms with van der Waals surface area (Å²) < 4.78 is 32.2. The molecule has 0 unspecified atom stereocenters. The predicted molar refractivity (Wildman–Crippen MR) is 128 cm³/mol. The Kier molecular flexibility index (Phi) is 6.29. The normalized spacial score (nSPS) is 15.2. The number of nitrogens with zero attached hydrogens (tertiary/aromatic N) is 2. The molecule has 0 saturated heterocycles. The van der Waals surface area contributed by atoms with E-state index in [1.54, 1.807) is 23.9 Å². The molecule has 0 spiro atoms. The fourth-order valence-corrected chi connectivity index (χ4v) is 5.86. The number of anilines is 1. The van der Waals surface area contributed by atoms with Crippen molar-refractivity contribution in [1.82, 2.24) is 9.36 Å². The molecule has 4 rings (SSSR count). The third-order valence-electron chi connectivity index (χ3n) is 6.36. The summed E-state index contributed by atoms with van der Waals surface area (Å²) in [5.41, 5.74) is 2.23. The molecule has 1 aliphatic rings. The van der Waals surface area contributed by atoms with E-state index in [4.69, 9.17) is 0 Å². The van der Waals surface area contributed by atoms with Crippen LogP contribution in [0.15, 0.2) is 64.3 Å². The Hall–Kier alpha value is -2.80. The molecule has 1 N–H and O–H groups in total. The van der Waals surface area contributed by atoms with Gasteiger partial charge in [0.15, 0.2) is 0 Å². The van der Waals surface area contributed by atoms with Crippen molar-refractivity contribution in [3.8, 4) is 5.69 Å². The summed E-state index contributed by atoms with van der Waals surface area (Å²) in [4.78, 5) is 13.5. The zero-order valence-electron chi connectivity index (χ0n) is 18.9. The average Bonchev–Trinajstić information content (AvgIpc) is 3.04. The van der Waals surface area contributed by atoms with Crippen molar-refractivity contribution < 1.29 is 8.42 Å². The van der Waals surface area contributed by atoms with Crippen LogP contribution in [-0.2, 0) is 17.1 Å². The SMILES string of the molecule is CC(C)c1c(NS(=O)(=O)c2ccc(C3CCCCC3)cc2)c(=O)n(-c2ccccc2)n1C. The lowest BCUT2D eigenvalue weighted by Gasteiger charge is -2.22. The first-order valence-electron chi connectivity index (χ1n) is 11.3. The second-order valence-corrected chi connectivity index (χ2v) is 10.6. The number of para-hydroxylation sites is 1. The van der Waals surface area contributed by atoms with Crippen LogP contribution < -0.4 is 10.3 Å². The van der Waals surface area contributed by atoms with Gasteiger partial charge in [-0.05, 0) is 54.5 Å². The van der Waals surface area contributed by atoms with Crippen molar-refractivity contribution in [2.24, 2.45) is 7.05 Å². The van der Waals surface area contributed by atoms with Gasteiger partial charge >= 0.3 is 0 Å². The summed E-state index contributed by atoms with van der Waals surface area (Å²) in [6, 6.07) is 16.4. The van der Waals surface area contributed by atoms with Gasteiger partial charge in [0.2, 0.25) is 0 Å². The zero-order chi connectivity index (χ0) is 22.9. The summed E-state index contributed by atoms with van der Waals surface area (Å²) in [5.74, 6) is 0.456. The summed E-state index contributed by atoms with van der Waals surface area (Å²) >= 11 is 0. The summed E-state index contributed by atoms with van der Waals surface area (Å²) in [6.45, 7) is 3.89. The summed E-state index contributed by atoms with van der Waals surface area (Å²) in [7, 11) is -2.12.